The van der Waals surface area contributed by atoms with E-state index in [4.69, 9.17) is 9.84 Å². The van der Waals surface area contributed by atoms with E-state index in [1.165, 1.54) is 0 Å². The third-order valence-corrected chi connectivity index (χ3v) is 4.32. The summed E-state index contributed by atoms with van der Waals surface area (Å²) in [5.41, 5.74) is 3.21. The number of aromatic amines is 1. The van der Waals surface area contributed by atoms with E-state index in [1.807, 2.05) is 30.5 Å². The van der Waals surface area contributed by atoms with E-state index in [9.17, 15) is 4.79 Å². The Hall–Kier alpha value is -2.34. The van der Waals surface area contributed by atoms with Crippen molar-refractivity contribution in [3.05, 3.63) is 36.0 Å². The molecule has 6 nitrogen and oxygen atoms in total. The van der Waals surface area contributed by atoms with Gasteiger partial charge in [-0.2, -0.15) is 5.10 Å². The van der Waals surface area contributed by atoms with Crippen molar-refractivity contribution in [2.75, 3.05) is 20.2 Å². The minimum Gasteiger partial charge on any atom is -0.497 e. The monoisotopic (exact) mass is 315 g/mol. The van der Waals surface area contributed by atoms with Crippen LogP contribution in [0.15, 0.2) is 30.5 Å². The molecule has 2 aromatic rings. The second kappa shape index (κ2) is 6.83. The zero-order chi connectivity index (χ0) is 16.2. The van der Waals surface area contributed by atoms with E-state index in [0.717, 1.165) is 48.6 Å². The van der Waals surface area contributed by atoms with Gasteiger partial charge in [-0.3, -0.25) is 14.8 Å². The molecular weight excluding hydrogens is 294 g/mol. The topological polar surface area (TPSA) is 78.5 Å². The molecule has 1 atom stereocenters. The molecule has 1 fully saturated rings. The van der Waals surface area contributed by atoms with Crippen LogP contribution in [0.2, 0.25) is 0 Å². The number of carbonyl (C=O) groups is 1. The molecular formula is C17H21N3O3. The predicted octanol–water partition coefficient (Wildman–Crippen LogP) is 2.38. The summed E-state index contributed by atoms with van der Waals surface area (Å²) in [6, 6.07) is 7.87. The van der Waals surface area contributed by atoms with Crippen molar-refractivity contribution in [2.24, 2.45) is 5.92 Å². The fourth-order valence-electron chi connectivity index (χ4n) is 3.15. The highest BCUT2D eigenvalue weighted by molar-refractivity contribution is 5.67. The molecule has 0 saturated carbocycles. The molecule has 1 aromatic carbocycles. The number of aliphatic carboxylic acids is 1. The number of carboxylic acids is 1. The van der Waals surface area contributed by atoms with Crippen molar-refractivity contribution in [1.29, 1.82) is 0 Å². The molecule has 1 saturated heterocycles. The van der Waals surface area contributed by atoms with Gasteiger partial charge in [0.2, 0.25) is 0 Å². The predicted molar refractivity (Wildman–Crippen MR) is 86.2 cm³/mol. The summed E-state index contributed by atoms with van der Waals surface area (Å²) in [5.74, 6) is 0.369. The summed E-state index contributed by atoms with van der Waals surface area (Å²) < 4.78 is 5.19. The largest absolute Gasteiger partial charge is 0.497 e. The van der Waals surface area contributed by atoms with Crippen molar-refractivity contribution in [3.63, 3.8) is 0 Å². The smallest absolute Gasteiger partial charge is 0.303 e. The molecule has 0 bridgehead atoms. The second-order valence-electron chi connectivity index (χ2n) is 5.99. The Kier molecular flexibility index (Phi) is 4.62. The first-order chi connectivity index (χ1) is 11.2. The van der Waals surface area contributed by atoms with Crippen LogP contribution in [0, 0.1) is 5.92 Å². The van der Waals surface area contributed by atoms with Gasteiger partial charge in [0.15, 0.2) is 0 Å². The molecule has 23 heavy (non-hydrogen) atoms. The maximum atomic E-state index is 10.8. The van der Waals surface area contributed by atoms with E-state index in [2.05, 4.69) is 15.1 Å². The maximum absolute atomic E-state index is 10.8. The summed E-state index contributed by atoms with van der Waals surface area (Å²) in [6.07, 6.45) is 3.05. The highest BCUT2D eigenvalue weighted by atomic mass is 16.5. The van der Waals surface area contributed by atoms with Crippen LogP contribution < -0.4 is 4.74 Å². The highest BCUT2D eigenvalue weighted by Gasteiger charge is 2.25. The van der Waals surface area contributed by atoms with Gasteiger partial charge in [0, 0.05) is 30.6 Å². The third kappa shape index (κ3) is 3.71. The van der Waals surface area contributed by atoms with E-state index in [-0.39, 0.29) is 12.3 Å². The van der Waals surface area contributed by atoms with E-state index in [1.54, 1.807) is 7.11 Å². The minimum atomic E-state index is -0.709. The molecule has 2 N–H and O–H groups in total. The lowest BCUT2D eigenvalue weighted by atomic mass is 10.1. The Morgan fingerprint density at radius 2 is 2.22 bits per heavy atom. The van der Waals surface area contributed by atoms with Crippen LogP contribution >= 0.6 is 0 Å². The van der Waals surface area contributed by atoms with E-state index >= 15 is 0 Å². The molecule has 1 aromatic heterocycles. The van der Waals surface area contributed by atoms with E-state index in [0.29, 0.717) is 0 Å². The Morgan fingerprint density at radius 1 is 1.43 bits per heavy atom. The number of aromatic nitrogens is 2. The van der Waals surface area contributed by atoms with Gasteiger partial charge in [0.05, 0.1) is 19.0 Å². The number of methoxy groups -OCH3 is 1. The zero-order valence-corrected chi connectivity index (χ0v) is 13.2. The summed E-state index contributed by atoms with van der Waals surface area (Å²) in [5, 5.41) is 16.1. The van der Waals surface area contributed by atoms with Gasteiger partial charge in [0.1, 0.15) is 5.75 Å². The van der Waals surface area contributed by atoms with Crippen LogP contribution in [0.3, 0.4) is 0 Å². The first-order valence-corrected chi connectivity index (χ1v) is 7.76. The number of benzene rings is 1. The van der Waals surface area contributed by atoms with Crippen LogP contribution in [0.5, 0.6) is 5.75 Å². The molecule has 1 aliphatic heterocycles. The second-order valence-corrected chi connectivity index (χ2v) is 5.99. The van der Waals surface area contributed by atoms with Crippen LogP contribution in [0.4, 0.5) is 0 Å². The molecule has 1 aliphatic rings. The first kappa shape index (κ1) is 15.6. The normalized spacial score (nSPS) is 18.2. The molecule has 6 heteroatoms. The van der Waals surface area contributed by atoms with Crippen molar-refractivity contribution in [3.8, 4) is 17.0 Å². The van der Waals surface area contributed by atoms with Crippen molar-refractivity contribution in [1.82, 2.24) is 15.1 Å². The van der Waals surface area contributed by atoms with Gasteiger partial charge < -0.3 is 9.84 Å². The molecule has 3 rings (SSSR count). The van der Waals surface area contributed by atoms with Crippen LogP contribution in [0.25, 0.3) is 11.3 Å². The zero-order valence-electron chi connectivity index (χ0n) is 13.2. The summed E-state index contributed by atoms with van der Waals surface area (Å²) in [6.45, 7) is 2.55. The lowest BCUT2D eigenvalue weighted by Gasteiger charge is -2.15. The van der Waals surface area contributed by atoms with Crippen molar-refractivity contribution < 1.29 is 14.6 Å². The van der Waals surface area contributed by atoms with Crippen molar-refractivity contribution >= 4 is 5.97 Å². The summed E-state index contributed by atoms with van der Waals surface area (Å²) in [7, 11) is 1.65. The SMILES string of the molecule is COc1ccc(-c2[nH]ncc2CN2CCC(CC(=O)O)C2)cc1. The highest BCUT2D eigenvalue weighted by Crippen LogP contribution is 2.27. The fourth-order valence-corrected chi connectivity index (χ4v) is 3.15. The number of ether oxygens (including phenoxy) is 1. The molecule has 0 aliphatic carbocycles. The molecule has 0 radical (unpaired) electrons. The number of likely N-dealkylation sites (tertiary alicyclic amines) is 1. The number of nitrogens with zero attached hydrogens (tertiary/aromatic N) is 2. The van der Waals surface area contributed by atoms with Crippen molar-refractivity contribution in [2.45, 2.75) is 19.4 Å². The first-order valence-electron chi connectivity index (χ1n) is 7.76. The van der Waals surface area contributed by atoms with Gasteiger partial charge in [0.25, 0.3) is 0 Å². The quantitative estimate of drug-likeness (QED) is 0.855. The average molecular weight is 315 g/mol. The molecule has 0 amide bonds. The summed E-state index contributed by atoms with van der Waals surface area (Å²) >= 11 is 0. The number of hydrogen-bond acceptors (Lipinski definition) is 4. The lowest BCUT2D eigenvalue weighted by Crippen LogP contribution is -2.21. The maximum Gasteiger partial charge on any atom is 0.303 e. The Morgan fingerprint density at radius 3 is 2.91 bits per heavy atom. The third-order valence-electron chi connectivity index (χ3n) is 4.32. The number of H-pyrrole nitrogens is 1. The van der Waals surface area contributed by atoms with Gasteiger partial charge in [-0.05, 0) is 43.1 Å². The minimum absolute atomic E-state index is 0.254. The van der Waals surface area contributed by atoms with Crippen LogP contribution in [-0.4, -0.2) is 46.4 Å². The van der Waals surface area contributed by atoms with Gasteiger partial charge >= 0.3 is 5.97 Å². The molecule has 2 heterocycles. The lowest BCUT2D eigenvalue weighted by molar-refractivity contribution is -0.138. The molecule has 0 spiro atoms. The van der Waals surface area contributed by atoms with Crippen LogP contribution in [0.1, 0.15) is 18.4 Å². The Balaban J connectivity index is 1.68. The average Bonchev–Trinajstić information content (AvgIpc) is 3.17. The van der Waals surface area contributed by atoms with Gasteiger partial charge in [-0.1, -0.05) is 0 Å². The fraction of sp³-hybridized carbons (Fsp3) is 0.412. The Labute approximate surface area is 135 Å². The summed E-state index contributed by atoms with van der Waals surface area (Å²) in [4.78, 5) is 13.1. The standard InChI is InChI=1S/C17H21N3O3/c1-23-15-4-2-13(3-5-15)17-14(9-18-19-17)11-20-7-6-12(10-20)8-16(21)22/h2-5,9,12H,6-8,10-11H2,1H3,(H,18,19)(H,21,22). The number of hydrogen-bond donors (Lipinski definition) is 2. The molecule has 122 valence electrons. The van der Waals surface area contributed by atoms with Gasteiger partial charge in [-0.25, -0.2) is 0 Å². The number of rotatable bonds is 6. The Bertz CT molecular complexity index is 666. The number of nitrogens with one attached hydrogen (secondary N) is 1. The molecule has 1 unspecified atom stereocenters. The van der Waals surface area contributed by atoms with Crippen LogP contribution in [-0.2, 0) is 11.3 Å². The van der Waals surface area contributed by atoms with E-state index < -0.39 is 5.97 Å². The van der Waals surface area contributed by atoms with Gasteiger partial charge in [-0.15, -0.1) is 0 Å². The number of carboxylic acid groups (broad SMARTS) is 1.